The Labute approximate surface area is 104 Å². The maximum absolute atomic E-state index is 11.8. The van der Waals surface area contributed by atoms with Crippen molar-refractivity contribution < 1.29 is 24.6 Å². The fourth-order valence-electron chi connectivity index (χ4n) is 1.82. The molecule has 8 nitrogen and oxygen atoms in total. The monoisotopic (exact) mass is 259 g/mol. The molecule has 1 rings (SSSR count). The number of likely N-dealkylation sites (tertiary alicyclic amines) is 1. The Kier molecular flexibility index (Phi) is 4.49. The summed E-state index contributed by atoms with van der Waals surface area (Å²) in [5.74, 6) is -1.75. The van der Waals surface area contributed by atoms with Crippen LogP contribution >= 0.6 is 0 Å². The van der Waals surface area contributed by atoms with Gasteiger partial charge < -0.3 is 26.2 Å². The highest BCUT2D eigenvalue weighted by molar-refractivity contribution is 5.83. The minimum absolute atomic E-state index is 0.126. The van der Waals surface area contributed by atoms with Gasteiger partial charge in [-0.15, -0.1) is 0 Å². The molecule has 0 radical (unpaired) electrons. The summed E-state index contributed by atoms with van der Waals surface area (Å²) in [7, 11) is 0. The highest BCUT2D eigenvalue weighted by Gasteiger charge is 2.32. The lowest BCUT2D eigenvalue weighted by Gasteiger charge is -2.19. The Bertz CT molecular complexity index is 359. The summed E-state index contributed by atoms with van der Waals surface area (Å²) < 4.78 is 0. The van der Waals surface area contributed by atoms with Crippen LogP contribution in [0, 0.1) is 5.92 Å². The van der Waals surface area contributed by atoms with Gasteiger partial charge in [0, 0.05) is 13.1 Å². The van der Waals surface area contributed by atoms with Crippen LogP contribution in [-0.2, 0) is 9.59 Å². The van der Waals surface area contributed by atoms with Crippen molar-refractivity contribution >= 4 is 17.9 Å². The summed E-state index contributed by atoms with van der Waals surface area (Å²) in [4.78, 5) is 34.3. The van der Waals surface area contributed by atoms with Crippen LogP contribution in [0.25, 0.3) is 0 Å². The lowest BCUT2D eigenvalue weighted by atomic mass is 10.1. The number of primary amides is 1. The van der Waals surface area contributed by atoms with E-state index in [1.54, 1.807) is 0 Å². The zero-order valence-electron chi connectivity index (χ0n) is 10.00. The number of hydrogen-bond acceptors (Lipinski definition) is 4. The molecule has 0 saturated carbocycles. The van der Waals surface area contributed by atoms with Gasteiger partial charge in [-0.25, -0.2) is 4.79 Å². The van der Waals surface area contributed by atoms with E-state index >= 15 is 0 Å². The maximum Gasteiger partial charge on any atom is 0.407 e. The lowest BCUT2D eigenvalue weighted by molar-refractivity contribution is -0.130. The third-order valence-electron chi connectivity index (χ3n) is 2.96. The molecule has 8 heteroatoms. The molecule has 0 aromatic heterocycles. The topological polar surface area (TPSA) is 133 Å². The smallest absolute Gasteiger partial charge is 0.407 e. The van der Waals surface area contributed by atoms with E-state index in [4.69, 9.17) is 10.8 Å². The van der Waals surface area contributed by atoms with Crippen LogP contribution in [-0.4, -0.2) is 58.3 Å². The van der Waals surface area contributed by atoms with Gasteiger partial charge in [0.15, 0.2) is 6.10 Å². The molecule has 0 aromatic carbocycles. The summed E-state index contributed by atoms with van der Waals surface area (Å²) in [5, 5.41) is 20.5. The van der Waals surface area contributed by atoms with Gasteiger partial charge >= 0.3 is 6.09 Å². The molecular formula is C10H17N3O5. The zero-order valence-corrected chi connectivity index (χ0v) is 10.00. The van der Waals surface area contributed by atoms with Gasteiger partial charge in [-0.3, -0.25) is 9.59 Å². The van der Waals surface area contributed by atoms with Gasteiger partial charge in [0.05, 0.1) is 12.0 Å². The number of aliphatic hydroxyl groups excluding tert-OH is 1. The average Bonchev–Trinajstić information content (AvgIpc) is 2.76. The molecule has 0 bridgehead atoms. The number of rotatable bonds is 4. The minimum Gasteiger partial charge on any atom is -0.465 e. The number of hydrogen-bond donors (Lipinski definition) is 4. The predicted octanol–water partition coefficient (Wildman–Crippen LogP) is -1.66. The van der Waals surface area contributed by atoms with Gasteiger partial charge in [0.1, 0.15) is 0 Å². The van der Waals surface area contributed by atoms with E-state index in [0.29, 0.717) is 13.0 Å². The van der Waals surface area contributed by atoms with E-state index < -0.39 is 30.1 Å². The fraction of sp³-hybridized carbons (Fsp3) is 0.700. The number of carbonyl (C=O) groups is 3. The number of nitrogens with zero attached hydrogens (tertiary/aromatic N) is 1. The molecule has 1 heterocycles. The summed E-state index contributed by atoms with van der Waals surface area (Å²) in [6.07, 6.45) is -2.08. The second-order valence-electron chi connectivity index (χ2n) is 4.36. The number of nitrogens with one attached hydrogen (secondary N) is 1. The number of carbonyl (C=O) groups excluding carboxylic acids is 2. The van der Waals surface area contributed by atoms with Crippen molar-refractivity contribution in [2.45, 2.75) is 25.5 Å². The van der Waals surface area contributed by atoms with Crippen molar-refractivity contribution in [2.75, 3.05) is 13.1 Å². The number of amides is 3. The van der Waals surface area contributed by atoms with E-state index in [9.17, 15) is 19.5 Å². The first-order valence-corrected chi connectivity index (χ1v) is 5.58. The second kappa shape index (κ2) is 5.67. The molecule has 5 N–H and O–H groups in total. The molecular weight excluding hydrogens is 242 g/mol. The Morgan fingerprint density at radius 2 is 2.06 bits per heavy atom. The van der Waals surface area contributed by atoms with Crippen molar-refractivity contribution in [3.05, 3.63) is 0 Å². The number of aliphatic hydroxyl groups is 1. The maximum atomic E-state index is 11.8. The highest BCUT2D eigenvalue weighted by atomic mass is 16.4. The molecule has 102 valence electrons. The van der Waals surface area contributed by atoms with Crippen LogP contribution in [0.1, 0.15) is 13.3 Å². The van der Waals surface area contributed by atoms with E-state index in [2.05, 4.69) is 5.32 Å². The molecule has 1 saturated heterocycles. The molecule has 18 heavy (non-hydrogen) atoms. The first-order chi connectivity index (χ1) is 8.32. The van der Waals surface area contributed by atoms with Crippen LogP contribution in [0.4, 0.5) is 4.79 Å². The van der Waals surface area contributed by atoms with Gasteiger partial charge in [-0.1, -0.05) is 0 Å². The Morgan fingerprint density at radius 3 is 2.50 bits per heavy atom. The normalized spacial score (nSPS) is 22.3. The molecule has 3 amide bonds. The van der Waals surface area contributed by atoms with Crippen LogP contribution in [0.2, 0.25) is 0 Å². The largest absolute Gasteiger partial charge is 0.465 e. The zero-order chi connectivity index (χ0) is 13.9. The van der Waals surface area contributed by atoms with Gasteiger partial charge in [-0.2, -0.15) is 0 Å². The van der Waals surface area contributed by atoms with E-state index in [1.165, 1.54) is 6.92 Å². The van der Waals surface area contributed by atoms with Gasteiger partial charge in [0.2, 0.25) is 11.8 Å². The van der Waals surface area contributed by atoms with Crippen molar-refractivity contribution in [3.8, 4) is 0 Å². The van der Waals surface area contributed by atoms with E-state index in [1.807, 2.05) is 0 Å². The Balaban J connectivity index is 2.47. The molecule has 3 atom stereocenters. The van der Waals surface area contributed by atoms with Crippen LogP contribution < -0.4 is 11.1 Å². The average molecular weight is 259 g/mol. The molecule has 0 aromatic rings. The van der Waals surface area contributed by atoms with Crippen molar-refractivity contribution in [1.82, 2.24) is 10.2 Å². The molecule has 0 unspecified atom stereocenters. The third-order valence-corrected chi connectivity index (χ3v) is 2.96. The second-order valence-corrected chi connectivity index (χ2v) is 4.36. The summed E-state index contributed by atoms with van der Waals surface area (Å²) >= 11 is 0. The van der Waals surface area contributed by atoms with Crippen LogP contribution in [0.15, 0.2) is 0 Å². The standard InChI is InChI=1S/C10H17N3O5/c1-5(7(14)8(11)15)12-9(16)6-2-3-13(4-6)10(17)18/h5-7,14H,2-4H2,1H3,(H2,11,15)(H,12,16)(H,17,18)/t5-,6+,7+/m0/s1. The van der Waals surface area contributed by atoms with Crippen LogP contribution in [0.5, 0.6) is 0 Å². The quantitative estimate of drug-likeness (QED) is 0.479. The Morgan fingerprint density at radius 1 is 1.44 bits per heavy atom. The van der Waals surface area contributed by atoms with Gasteiger partial charge in [-0.05, 0) is 13.3 Å². The van der Waals surface area contributed by atoms with Crippen molar-refractivity contribution in [3.63, 3.8) is 0 Å². The van der Waals surface area contributed by atoms with Crippen molar-refractivity contribution in [1.29, 1.82) is 0 Å². The number of nitrogens with two attached hydrogens (primary N) is 1. The third kappa shape index (κ3) is 3.33. The predicted molar refractivity (Wildman–Crippen MR) is 60.5 cm³/mol. The first kappa shape index (κ1) is 14.2. The Hall–Kier alpha value is -1.83. The van der Waals surface area contributed by atoms with E-state index in [0.717, 1.165) is 4.90 Å². The molecule has 0 aliphatic carbocycles. The molecule has 0 spiro atoms. The van der Waals surface area contributed by atoms with E-state index in [-0.39, 0.29) is 12.5 Å². The summed E-state index contributed by atoms with van der Waals surface area (Å²) in [6, 6.07) is -0.797. The number of carboxylic acid groups (broad SMARTS) is 1. The summed E-state index contributed by atoms with van der Waals surface area (Å²) in [6.45, 7) is 1.89. The first-order valence-electron chi connectivity index (χ1n) is 5.58. The SMILES string of the molecule is C[C@H](NC(=O)[C@@H]1CCN(C(=O)O)C1)[C@@H](O)C(N)=O. The van der Waals surface area contributed by atoms with Gasteiger partial charge in [0.25, 0.3) is 0 Å². The summed E-state index contributed by atoms with van der Waals surface area (Å²) in [5.41, 5.74) is 4.90. The lowest BCUT2D eigenvalue weighted by Crippen LogP contribution is -2.49. The fourth-order valence-corrected chi connectivity index (χ4v) is 1.82. The molecule has 1 aliphatic heterocycles. The van der Waals surface area contributed by atoms with Crippen LogP contribution in [0.3, 0.4) is 0 Å². The molecule has 1 aliphatic rings. The highest BCUT2D eigenvalue weighted by Crippen LogP contribution is 2.16. The minimum atomic E-state index is -1.45. The molecule has 1 fully saturated rings. The van der Waals surface area contributed by atoms with Crippen molar-refractivity contribution in [2.24, 2.45) is 11.7 Å².